The highest BCUT2D eigenvalue weighted by atomic mass is 16.2. The van der Waals surface area contributed by atoms with Crippen LogP contribution in [0.25, 0.3) is 0 Å². The van der Waals surface area contributed by atoms with Crippen LogP contribution in [-0.4, -0.2) is 52.2 Å². The number of nitrogens with zero attached hydrogens (tertiary/aromatic N) is 3. The lowest BCUT2D eigenvalue weighted by Gasteiger charge is -2.41. The molecule has 0 spiro atoms. The predicted molar refractivity (Wildman–Crippen MR) is 105 cm³/mol. The number of carbonyl (C=O) groups is 2. The summed E-state index contributed by atoms with van der Waals surface area (Å²) in [6.07, 6.45) is 2.89. The van der Waals surface area contributed by atoms with Crippen molar-refractivity contribution in [2.24, 2.45) is 7.05 Å². The molecule has 0 bridgehead atoms. The summed E-state index contributed by atoms with van der Waals surface area (Å²) in [4.78, 5) is 27.3. The summed E-state index contributed by atoms with van der Waals surface area (Å²) < 4.78 is 1.69. The van der Waals surface area contributed by atoms with Gasteiger partial charge in [0.1, 0.15) is 11.4 Å². The molecule has 1 aromatic carbocycles. The Balaban J connectivity index is 1.74. The van der Waals surface area contributed by atoms with E-state index in [-0.39, 0.29) is 11.8 Å². The molecular formula is C20H27N5O2. The van der Waals surface area contributed by atoms with Gasteiger partial charge in [-0.2, -0.15) is 5.10 Å². The van der Waals surface area contributed by atoms with Crippen LogP contribution in [-0.2, 0) is 11.8 Å². The van der Waals surface area contributed by atoms with Crippen LogP contribution in [0.1, 0.15) is 34.3 Å². The van der Waals surface area contributed by atoms with Gasteiger partial charge in [-0.15, -0.1) is 0 Å². The first-order valence-corrected chi connectivity index (χ1v) is 9.21. The molecule has 1 fully saturated rings. The van der Waals surface area contributed by atoms with Crippen LogP contribution < -0.4 is 10.6 Å². The van der Waals surface area contributed by atoms with Crippen molar-refractivity contribution in [2.75, 3.05) is 25.5 Å². The minimum atomic E-state index is -0.761. The monoisotopic (exact) mass is 369 g/mol. The first-order valence-electron chi connectivity index (χ1n) is 9.21. The van der Waals surface area contributed by atoms with E-state index < -0.39 is 5.54 Å². The lowest BCUT2D eigenvalue weighted by molar-refractivity contribution is -0.126. The number of benzene rings is 1. The molecule has 2 heterocycles. The van der Waals surface area contributed by atoms with Gasteiger partial charge in [-0.25, -0.2) is 0 Å². The third-order valence-corrected chi connectivity index (χ3v) is 5.40. The lowest BCUT2D eigenvalue weighted by Crippen LogP contribution is -2.58. The van der Waals surface area contributed by atoms with E-state index in [0.29, 0.717) is 37.3 Å². The molecule has 144 valence electrons. The standard InChI is InChI=1S/C20H27N5O2/c1-14-5-6-16(13-15(14)2)18(26)25-11-8-20(9-12-25,19(27)21-3)22-17-7-10-24(4)23-17/h5-7,10,13H,8-9,11-12H2,1-4H3,(H,21,27)(H,22,23). The average Bonchev–Trinajstić information content (AvgIpc) is 3.07. The molecule has 0 atom stereocenters. The highest BCUT2D eigenvalue weighted by molar-refractivity contribution is 5.95. The Labute approximate surface area is 159 Å². The van der Waals surface area contributed by atoms with E-state index in [9.17, 15) is 9.59 Å². The second kappa shape index (κ2) is 7.42. The fraction of sp³-hybridized carbons (Fsp3) is 0.450. The number of amides is 2. The molecule has 0 radical (unpaired) electrons. The molecule has 2 amide bonds. The Hall–Kier alpha value is -2.83. The quantitative estimate of drug-likeness (QED) is 0.862. The Bertz CT molecular complexity index is 850. The average molecular weight is 369 g/mol. The first kappa shape index (κ1) is 18.9. The van der Waals surface area contributed by atoms with Crippen molar-refractivity contribution in [2.45, 2.75) is 32.2 Å². The van der Waals surface area contributed by atoms with E-state index in [1.54, 1.807) is 11.7 Å². The summed E-state index contributed by atoms with van der Waals surface area (Å²) in [5, 5.41) is 10.4. The van der Waals surface area contributed by atoms with Crippen molar-refractivity contribution in [3.05, 3.63) is 47.2 Å². The van der Waals surface area contributed by atoms with Gasteiger partial charge in [0.05, 0.1) is 0 Å². The van der Waals surface area contributed by atoms with E-state index >= 15 is 0 Å². The Morgan fingerprint density at radius 2 is 1.81 bits per heavy atom. The van der Waals surface area contributed by atoms with Crippen LogP contribution >= 0.6 is 0 Å². The van der Waals surface area contributed by atoms with Gasteiger partial charge in [0.15, 0.2) is 0 Å². The highest BCUT2D eigenvalue weighted by Gasteiger charge is 2.42. The molecule has 7 nitrogen and oxygen atoms in total. The Morgan fingerprint density at radius 1 is 1.11 bits per heavy atom. The van der Waals surface area contributed by atoms with Crippen molar-refractivity contribution in [1.82, 2.24) is 20.0 Å². The Morgan fingerprint density at radius 3 is 2.37 bits per heavy atom. The molecule has 27 heavy (non-hydrogen) atoms. The van der Waals surface area contributed by atoms with Crippen molar-refractivity contribution in [3.63, 3.8) is 0 Å². The maximum Gasteiger partial charge on any atom is 0.253 e. The van der Waals surface area contributed by atoms with Gasteiger partial charge in [0.2, 0.25) is 5.91 Å². The summed E-state index contributed by atoms with van der Waals surface area (Å²) in [7, 11) is 3.47. The number of carbonyl (C=O) groups excluding carboxylic acids is 2. The van der Waals surface area contributed by atoms with Crippen LogP contribution in [0.5, 0.6) is 0 Å². The number of anilines is 1. The first-order chi connectivity index (χ1) is 12.8. The zero-order valence-corrected chi connectivity index (χ0v) is 16.4. The summed E-state index contributed by atoms with van der Waals surface area (Å²) in [5.41, 5.74) is 2.21. The van der Waals surface area contributed by atoms with Gasteiger partial charge in [0, 0.05) is 45.0 Å². The number of nitrogens with one attached hydrogen (secondary N) is 2. The maximum absolute atomic E-state index is 12.9. The molecule has 0 aliphatic carbocycles. The van der Waals surface area contributed by atoms with Crippen molar-refractivity contribution in [3.8, 4) is 0 Å². The van der Waals surface area contributed by atoms with E-state index in [4.69, 9.17) is 0 Å². The van der Waals surface area contributed by atoms with Gasteiger partial charge in [-0.1, -0.05) is 6.07 Å². The molecule has 2 aromatic rings. The second-order valence-electron chi connectivity index (χ2n) is 7.25. The fourth-order valence-corrected chi connectivity index (χ4v) is 3.52. The smallest absolute Gasteiger partial charge is 0.253 e. The SMILES string of the molecule is CNC(=O)C1(Nc2ccn(C)n2)CCN(C(=O)c2ccc(C)c(C)c2)CC1. The van der Waals surface area contributed by atoms with Gasteiger partial charge >= 0.3 is 0 Å². The zero-order valence-electron chi connectivity index (χ0n) is 16.4. The molecule has 3 rings (SSSR count). The van der Waals surface area contributed by atoms with Gasteiger partial charge in [-0.3, -0.25) is 14.3 Å². The highest BCUT2D eigenvalue weighted by Crippen LogP contribution is 2.28. The van der Waals surface area contributed by atoms with Crippen LogP contribution in [0.15, 0.2) is 30.5 Å². The van der Waals surface area contributed by atoms with Crippen LogP contribution in [0.3, 0.4) is 0 Å². The van der Waals surface area contributed by atoms with Gasteiger partial charge < -0.3 is 15.5 Å². The summed E-state index contributed by atoms with van der Waals surface area (Å²) in [6, 6.07) is 7.63. The number of piperidine rings is 1. The summed E-state index contributed by atoms with van der Waals surface area (Å²) in [6.45, 7) is 5.07. The number of likely N-dealkylation sites (N-methyl/N-ethyl adjacent to an activating group) is 1. The number of rotatable bonds is 4. The lowest BCUT2D eigenvalue weighted by atomic mass is 9.86. The minimum absolute atomic E-state index is 0.0152. The van der Waals surface area contributed by atoms with Gasteiger partial charge in [0.25, 0.3) is 5.91 Å². The molecule has 7 heteroatoms. The van der Waals surface area contributed by atoms with E-state index in [2.05, 4.69) is 15.7 Å². The van der Waals surface area contributed by atoms with Gasteiger partial charge in [-0.05, 0) is 49.9 Å². The maximum atomic E-state index is 12.9. The molecule has 1 aliphatic heterocycles. The molecule has 1 saturated heterocycles. The van der Waals surface area contributed by atoms with Crippen molar-refractivity contribution in [1.29, 1.82) is 0 Å². The molecule has 2 N–H and O–H groups in total. The van der Waals surface area contributed by atoms with Crippen LogP contribution in [0.2, 0.25) is 0 Å². The minimum Gasteiger partial charge on any atom is -0.357 e. The normalized spacial score (nSPS) is 16.1. The number of likely N-dealkylation sites (tertiary alicyclic amines) is 1. The fourth-order valence-electron chi connectivity index (χ4n) is 3.52. The molecule has 1 aromatic heterocycles. The second-order valence-corrected chi connectivity index (χ2v) is 7.25. The van der Waals surface area contributed by atoms with Crippen molar-refractivity contribution >= 4 is 17.6 Å². The number of hydrogen-bond donors (Lipinski definition) is 2. The summed E-state index contributed by atoms with van der Waals surface area (Å²) in [5.74, 6) is 0.600. The predicted octanol–water partition coefficient (Wildman–Crippen LogP) is 1.87. The number of aryl methyl sites for hydroxylation is 3. The number of hydrogen-bond acceptors (Lipinski definition) is 4. The molecular weight excluding hydrogens is 342 g/mol. The molecule has 0 saturated carbocycles. The van der Waals surface area contributed by atoms with Crippen molar-refractivity contribution < 1.29 is 9.59 Å². The zero-order chi connectivity index (χ0) is 19.6. The van der Waals surface area contributed by atoms with E-state index in [0.717, 1.165) is 5.56 Å². The van der Waals surface area contributed by atoms with Crippen LogP contribution in [0, 0.1) is 13.8 Å². The Kier molecular flexibility index (Phi) is 5.21. The summed E-state index contributed by atoms with van der Waals surface area (Å²) >= 11 is 0. The molecule has 1 aliphatic rings. The third-order valence-electron chi connectivity index (χ3n) is 5.40. The molecule has 0 unspecified atom stereocenters. The van der Waals surface area contributed by atoms with E-state index in [1.165, 1.54) is 5.56 Å². The largest absolute Gasteiger partial charge is 0.357 e. The van der Waals surface area contributed by atoms with Crippen LogP contribution in [0.4, 0.5) is 5.82 Å². The topological polar surface area (TPSA) is 79.3 Å². The van der Waals surface area contributed by atoms with E-state index in [1.807, 2.05) is 56.3 Å². The third kappa shape index (κ3) is 3.82. The number of aromatic nitrogens is 2.